The van der Waals surface area contributed by atoms with Crippen LogP contribution in [-0.4, -0.2) is 9.97 Å². The number of fused-ring (bicyclic) bond motifs is 1. The summed E-state index contributed by atoms with van der Waals surface area (Å²) in [5, 5.41) is 0.655. The number of hydrogen-bond acceptors (Lipinski definition) is 4. The van der Waals surface area contributed by atoms with Gasteiger partial charge < -0.3 is 10.2 Å². The minimum atomic E-state index is -0.878. The van der Waals surface area contributed by atoms with Crippen LogP contribution in [0.1, 0.15) is 10.7 Å². The molecular formula is C19H13Cl2N3O. The molecule has 4 rings (SSSR count). The Kier molecular flexibility index (Phi) is 4.07. The van der Waals surface area contributed by atoms with Crippen LogP contribution in [0.5, 0.6) is 0 Å². The second kappa shape index (κ2) is 6.39. The van der Waals surface area contributed by atoms with Crippen molar-refractivity contribution in [3.05, 3.63) is 66.5 Å². The first-order chi connectivity index (χ1) is 12.1. The Morgan fingerprint density at radius 1 is 0.840 bits per heavy atom. The molecule has 4 aromatic rings. The Morgan fingerprint density at radius 2 is 1.44 bits per heavy atom. The first-order valence-electron chi connectivity index (χ1n) is 7.64. The minimum absolute atomic E-state index is 0.223. The van der Waals surface area contributed by atoms with Crippen molar-refractivity contribution < 1.29 is 4.42 Å². The van der Waals surface area contributed by atoms with E-state index in [1.807, 2.05) is 60.7 Å². The molecule has 0 spiro atoms. The zero-order chi connectivity index (χ0) is 17.4. The molecule has 2 aromatic heterocycles. The van der Waals surface area contributed by atoms with Crippen LogP contribution in [0.15, 0.2) is 65.1 Å². The number of furan rings is 1. The number of halogens is 2. The predicted octanol–water partition coefficient (Wildman–Crippen LogP) is 5.62. The highest BCUT2D eigenvalue weighted by atomic mass is 35.5. The molecule has 0 aliphatic rings. The Hall–Kier alpha value is -2.56. The van der Waals surface area contributed by atoms with Crippen LogP contribution in [0.25, 0.3) is 33.6 Å². The van der Waals surface area contributed by atoms with E-state index < -0.39 is 4.84 Å². The van der Waals surface area contributed by atoms with E-state index in [0.29, 0.717) is 16.9 Å². The van der Waals surface area contributed by atoms with Gasteiger partial charge in [-0.25, -0.2) is 4.98 Å². The zero-order valence-corrected chi connectivity index (χ0v) is 14.5. The molecule has 0 aliphatic heterocycles. The summed E-state index contributed by atoms with van der Waals surface area (Å²) in [5.74, 6) is 1.19. The third kappa shape index (κ3) is 2.84. The Labute approximate surface area is 154 Å². The summed E-state index contributed by atoms with van der Waals surface area (Å²) in [7, 11) is 0. The molecule has 2 N–H and O–H groups in total. The second-order valence-electron chi connectivity index (χ2n) is 5.49. The van der Waals surface area contributed by atoms with Gasteiger partial charge in [-0.3, -0.25) is 0 Å². The van der Waals surface area contributed by atoms with Gasteiger partial charge in [0.25, 0.3) is 0 Å². The van der Waals surface area contributed by atoms with Gasteiger partial charge in [-0.2, -0.15) is 4.98 Å². The van der Waals surface area contributed by atoms with E-state index in [1.54, 1.807) is 0 Å². The summed E-state index contributed by atoms with van der Waals surface area (Å²) < 4.78 is 6.06. The Morgan fingerprint density at radius 3 is 2.04 bits per heavy atom. The number of alkyl halides is 2. The molecule has 0 bridgehead atoms. The average Bonchev–Trinajstić information content (AvgIpc) is 3.03. The van der Waals surface area contributed by atoms with Gasteiger partial charge in [0.05, 0.1) is 5.39 Å². The number of anilines is 1. The van der Waals surface area contributed by atoms with Gasteiger partial charge in [0.2, 0.25) is 5.71 Å². The van der Waals surface area contributed by atoms with Crippen molar-refractivity contribution in [2.24, 2.45) is 0 Å². The van der Waals surface area contributed by atoms with E-state index in [2.05, 4.69) is 9.97 Å². The fourth-order valence-corrected chi connectivity index (χ4v) is 3.01. The molecule has 2 heterocycles. The molecule has 0 amide bonds. The fraction of sp³-hybridized carbons (Fsp3) is 0.0526. The van der Waals surface area contributed by atoms with Crippen LogP contribution >= 0.6 is 23.2 Å². The van der Waals surface area contributed by atoms with E-state index in [4.69, 9.17) is 33.4 Å². The molecule has 0 aliphatic carbocycles. The lowest BCUT2D eigenvalue weighted by Gasteiger charge is -2.05. The number of aromatic nitrogens is 2. The largest absolute Gasteiger partial charge is 0.437 e. The average molecular weight is 370 g/mol. The van der Waals surface area contributed by atoms with E-state index in [9.17, 15) is 0 Å². The smallest absolute Gasteiger partial charge is 0.232 e. The van der Waals surface area contributed by atoms with Crippen molar-refractivity contribution >= 4 is 40.1 Å². The van der Waals surface area contributed by atoms with Gasteiger partial charge in [-0.15, -0.1) is 0 Å². The minimum Gasteiger partial charge on any atom is -0.437 e. The lowest BCUT2D eigenvalue weighted by Crippen LogP contribution is -1.99. The highest BCUT2D eigenvalue weighted by Crippen LogP contribution is 2.42. The summed E-state index contributed by atoms with van der Waals surface area (Å²) in [5.41, 5.74) is 9.31. The maximum absolute atomic E-state index is 6.20. The summed E-state index contributed by atoms with van der Waals surface area (Å²) in [6.45, 7) is 0. The monoisotopic (exact) mass is 369 g/mol. The van der Waals surface area contributed by atoms with Crippen LogP contribution in [-0.2, 0) is 0 Å². The number of benzene rings is 2. The SMILES string of the molecule is Nc1nc(C(Cl)Cl)nc2oc(-c3ccccc3)c(-c3ccccc3)c12. The van der Waals surface area contributed by atoms with Gasteiger partial charge in [0.15, 0.2) is 10.7 Å². The van der Waals surface area contributed by atoms with Crippen LogP contribution in [0.2, 0.25) is 0 Å². The molecular weight excluding hydrogens is 357 g/mol. The summed E-state index contributed by atoms with van der Waals surface area (Å²) in [6.07, 6.45) is 0. The molecule has 0 saturated heterocycles. The zero-order valence-electron chi connectivity index (χ0n) is 13.0. The molecule has 0 radical (unpaired) electrons. The van der Waals surface area contributed by atoms with Crippen molar-refractivity contribution in [2.45, 2.75) is 4.84 Å². The van der Waals surface area contributed by atoms with Crippen molar-refractivity contribution in [3.8, 4) is 22.5 Å². The van der Waals surface area contributed by atoms with Gasteiger partial charge >= 0.3 is 0 Å². The van der Waals surface area contributed by atoms with Crippen molar-refractivity contribution in [1.82, 2.24) is 9.97 Å². The number of nitrogens with zero attached hydrogens (tertiary/aromatic N) is 2. The molecule has 0 atom stereocenters. The molecule has 0 fully saturated rings. The van der Waals surface area contributed by atoms with Crippen LogP contribution < -0.4 is 5.73 Å². The molecule has 0 unspecified atom stereocenters. The first kappa shape index (κ1) is 15.9. The number of nitrogens with two attached hydrogens (primary N) is 1. The van der Waals surface area contributed by atoms with E-state index in [1.165, 1.54) is 0 Å². The lowest BCUT2D eigenvalue weighted by molar-refractivity contribution is 0.616. The first-order valence-corrected chi connectivity index (χ1v) is 8.51. The quantitative estimate of drug-likeness (QED) is 0.476. The maximum atomic E-state index is 6.20. The molecule has 6 heteroatoms. The van der Waals surface area contributed by atoms with Gasteiger partial charge in [-0.1, -0.05) is 83.9 Å². The van der Waals surface area contributed by atoms with Crippen molar-refractivity contribution in [1.29, 1.82) is 0 Å². The molecule has 2 aromatic carbocycles. The van der Waals surface area contributed by atoms with Crippen LogP contribution in [0.3, 0.4) is 0 Å². The van der Waals surface area contributed by atoms with Gasteiger partial charge in [0.1, 0.15) is 11.6 Å². The summed E-state index contributed by atoms with van der Waals surface area (Å²) in [4.78, 5) is 7.71. The third-order valence-corrected chi connectivity index (χ3v) is 4.28. The highest BCUT2D eigenvalue weighted by Gasteiger charge is 2.23. The molecule has 25 heavy (non-hydrogen) atoms. The van der Waals surface area contributed by atoms with E-state index in [-0.39, 0.29) is 11.6 Å². The molecule has 124 valence electrons. The number of nitrogen functional groups attached to an aromatic ring is 1. The second-order valence-corrected chi connectivity index (χ2v) is 6.58. The Balaban J connectivity index is 2.08. The summed E-state index contributed by atoms with van der Waals surface area (Å²) >= 11 is 11.8. The topological polar surface area (TPSA) is 64.9 Å². The lowest BCUT2D eigenvalue weighted by atomic mass is 9.99. The van der Waals surface area contributed by atoms with Gasteiger partial charge in [0, 0.05) is 11.1 Å². The number of rotatable bonds is 3. The molecule has 0 saturated carbocycles. The highest BCUT2D eigenvalue weighted by molar-refractivity contribution is 6.43. The van der Waals surface area contributed by atoms with Crippen LogP contribution in [0.4, 0.5) is 5.82 Å². The van der Waals surface area contributed by atoms with E-state index >= 15 is 0 Å². The van der Waals surface area contributed by atoms with E-state index in [0.717, 1.165) is 16.7 Å². The predicted molar refractivity (Wildman–Crippen MR) is 102 cm³/mol. The maximum Gasteiger partial charge on any atom is 0.232 e. The Bertz CT molecular complexity index is 1030. The van der Waals surface area contributed by atoms with Crippen molar-refractivity contribution in [3.63, 3.8) is 0 Å². The fourth-order valence-electron chi connectivity index (χ4n) is 2.81. The molecule has 4 nitrogen and oxygen atoms in total. The normalized spacial score (nSPS) is 11.3. The number of hydrogen-bond donors (Lipinski definition) is 1. The van der Waals surface area contributed by atoms with Crippen molar-refractivity contribution in [2.75, 3.05) is 5.73 Å². The standard InChI is InChI=1S/C19H13Cl2N3O/c20-16(21)18-23-17(22)14-13(11-7-3-1-4-8-11)15(25-19(14)24-18)12-9-5-2-6-10-12/h1-10,16H,(H2,22,23,24). The summed E-state index contributed by atoms with van der Waals surface area (Å²) in [6, 6.07) is 19.7. The third-order valence-electron chi connectivity index (χ3n) is 3.89. The van der Waals surface area contributed by atoms with Crippen LogP contribution in [0, 0.1) is 0 Å². The van der Waals surface area contributed by atoms with Gasteiger partial charge in [-0.05, 0) is 5.56 Å².